The average molecular weight is 308 g/mol. The molecule has 3 aromatic rings. The SMILES string of the molecule is CN(C)c1nc(=O)n(-c2ccccc2)c2cc(C(N)=O)ccc12. The lowest BCUT2D eigenvalue weighted by Crippen LogP contribution is -2.26. The van der Waals surface area contributed by atoms with Crippen LogP contribution >= 0.6 is 0 Å². The van der Waals surface area contributed by atoms with Crippen LogP contribution in [-0.4, -0.2) is 29.6 Å². The maximum absolute atomic E-state index is 12.5. The highest BCUT2D eigenvalue weighted by atomic mass is 16.1. The number of fused-ring (bicyclic) bond motifs is 1. The third-order valence-corrected chi connectivity index (χ3v) is 3.59. The fraction of sp³-hybridized carbons (Fsp3) is 0.118. The molecular formula is C17H16N4O2. The zero-order valence-corrected chi connectivity index (χ0v) is 12.9. The van der Waals surface area contributed by atoms with Gasteiger partial charge in [-0.1, -0.05) is 18.2 Å². The first-order valence-corrected chi connectivity index (χ1v) is 7.08. The molecule has 2 N–H and O–H groups in total. The second-order valence-electron chi connectivity index (χ2n) is 5.38. The number of hydrogen-bond donors (Lipinski definition) is 1. The van der Waals surface area contributed by atoms with Crippen molar-refractivity contribution in [2.75, 3.05) is 19.0 Å². The van der Waals surface area contributed by atoms with Gasteiger partial charge in [0.15, 0.2) is 0 Å². The maximum atomic E-state index is 12.5. The predicted octanol–water partition coefficient (Wildman–Crippen LogP) is 1.55. The van der Waals surface area contributed by atoms with Crippen molar-refractivity contribution in [3.63, 3.8) is 0 Å². The number of benzene rings is 2. The summed E-state index contributed by atoms with van der Waals surface area (Å²) in [6, 6.07) is 14.2. The van der Waals surface area contributed by atoms with E-state index in [4.69, 9.17) is 5.73 Å². The Labute approximate surface area is 132 Å². The highest BCUT2D eigenvalue weighted by Crippen LogP contribution is 2.24. The molecule has 0 aliphatic carbocycles. The number of carbonyl (C=O) groups is 1. The molecule has 0 atom stereocenters. The van der Waals surface area contributed by atoms with Crippen LogP contribution in [0.15, 0.2) is 53.3 Å². The van der Waals surface area contributed by atoms with Gasteiger partial charge >= 0.3 is 5.69 Å². The average Bonchev–Trinajstić information content (AvgIpc) is 2.54. The van der Waals surface area contributed by atoms with Crippen molar-refractivity contribution in [2.24, 2.45) is 5.73 Å². The largest absolute Gasteiger partial charge is 0.366 e. The topological polar surface area (TPSA) is 81.2 Å². The molecule has 6 heteroatoms. The van der Waals surface area contributed by atoms with E-state index in [1.807, 2.05) is 44.4 Å². The van der Waals surface area contributed by atoms with Crippen molar-refractivity contribution in [1.29, 1.82) is 0 Å². The van der Waals surface area contributed by atoms with Gasteiger partial charge in [-0.2, -0.15) is 4.98 Å². The first kappa shape index (κ1) is 14.8. The van der Waals surface area contributed by atoms with E-state index in [0.717, 1.165) is 5.39 Å². The minimum Gasteiger partial charge on any atom is -0.366 e. The van der Waals surface area contributed by atoms with E-state index >= 15 is 0 Å². The van der Waals surface area contributed by atoms with Crippen LogP contribution in [0.5, 0.6) is 0 Å². The minimum atomic E-state index is -0.540. The number of aromatic nitrogens is 2. The molecule has 0 aliphatic rings. The molecular weight excluding hydrogens is 292 g/mol. The quantitative estimate of drug-likeness (QED) is 0.796. The van der Waals surface area contributed by atoms with Gasteiger partial charge in [-0.25, -0.2) is 4.79 Å². The molecule has 1 aromatic heterocycles. The second kappa shape index (κ2) is 5.57. The Morgan fingerprint density at radius 2 is 1.83 bits per heavy atom. The zero-order valence-electron chi connectivity index (χ0n) is 12.9. The molecule has 1 heterocycles. The lowest BCUT2D eigenvalue weighted by atomic mass is 10.1. The molecule has 1 amide bonds. The summed E-state index contributed by atoms with van der Waals surface area (Å²) in [5.74, 6) is 0.00961. The van der Waals surface area contributed by atoms with Gasteiger partial charge in [-0.15, -0.1) is 0 Å². The first-order chi connectivity index (χ1) is 11.0. The molecule has 0 bridgehead atoms. The normalized spacial score (nSPS) is 10.7. The summed E-state index contributed by atoms with van der Waals surface area (Å²) >= 11 is 0. The van der Waals surface area contributed by atoms with Crippen molar-refractivity contribution in [1.82, 2.24) is 9.55 Å². The first-order valence-electron chi connectivity index (χ1n) is 7.08. The Morgan fingerprint density at radius 1 is 1.13 bits per heavy atom. The summed E-state index contributed by atoms with van der Waals surface area (Å²) in [6.07, 6.45) is 0. The van der Waals surface area contributed by atoms with Gasteiger partial charge in [0.05, 0.1) is 11.2 Å². The van der Waals surface area contributed by atoms with Gasteiger partial charge in [0.2, 0.25) is 5.91 Å². The van der Waals surface area contributed by atoms with Crippen LogP contribution in [-0.2, 0) is 0 Å². The van der Waals surface area contributed by atoms with Crippen LogP contribution in [0, 0.1) is 0 Å². The van der Waals surface area contributed by atoms with Crippen LogP contribution in [0.2, 0.25) is 0 Å². The summed E-state index contributed by atoms with van der Waals surface area (Å²) in [5, 5.41) is 0.767. The summed E-state index contributed by atoms with van der Waals surface area (Å²) in [6.45, 7) is 0. The fourth-order valence-corrected chi connectivity index (χ4v) is 2.53. The summed E-state index contributed by atoms with van der Waals surface area (Å²) < 4.78 is 1.48. The molecule has 23 heavy (non-hydrogen) atoms. The number of rotatable bonds is 3. The Hall–Kier alpha value is -3.15. The van der Waals surface area contributed by atoms with Crippen molar-refractivity contribution >= 4 is 22.6 Å². The Bertz CT molecular complexity index is 946. The predicted molar refractivity (Wildman–Crippen MR) is 90.2 cm³/mol. The Kier molecular flexibility index (Phi) is 3.57. The number of carbonyl (C=O) groups excluding carboxylic acids is 1. The van der Waals surface area contributed by atoms with E-state index in [1.165, 1.54) is 4.57 Å². The second-order valence-corrected chi connectivity index (χ2v) is 5.38. The molecule has 0 aliphatic heterocycles. The van der Waals surface area contributed by atoms with Crippen LogP contribution in [0.3, 0.4) is 0 Å². The van der Waals surface area contributed by atoms with E-state index in [-0.39, 0.29) is 0 Å². The Balaban J connectivity index is 2.46. The van der Waals surface area contributed by atoms with Gasteiger partial charge < -0.3 is 10.6 Å². The van der Waals surface area contributed by atoms with Crippen LogP contribution < -0.4 is 16.3 Å². The monoisotopic (exact) mass is 308 g/mol. The third-order valence-electron chi connectivity index (χ3n) is 3.59. The van der Waals surface area contributed by atoms with Crippen LogP contribution in [0.1, 0.15) is 10.4 Å². The van der Waals surface area contributed by atoms with Crippen molar-refractivity contribution in [3.05, 3.63) is 64.6 Å². The van der Waals surface area contributed by atoms with Crippen molar-refractivity contribution in [2.45, 2.75) is 0 Å². The highest BCUT2D eigenvalue weighted by molar-refractivity contribution is 5.99. The summed E-state index contributed by atoms with van der Waals surface area (Å²) in [7, 11) is 3.63. The molecule has 0 saturated carbocycles. The Morgan fingerprint density at radius 3 is 2.43 bits per heavy atom. The van der Waals surface area contributed by atoms with E-state index in [1.54, 1.807) is 23.1 Å². The number of hydrogen-bond acceptors (Lipinski definition) is 4. The molecule has 0 fully saturated rings. The minimum absolute atomic E-state index is 0.345. The van der Waals surface area contributed by atoms with E-state index < -0.39 is 11.6 Å². The van der Waals surface area contributed by atoms with E-state index in [9.17, 15) is 9.59 Å². The molecule has 0 saturated heterocycles. The lowest BCUT2D eigenvalue weighted by molar-refractivity contribution is 0.100. The van der Waals surface area contributed by atoms with Crippen molar-refractivity contribution in [3.8, 4) is 5.69 Å². The molecule has 3 rings (SSSR count). The molecule has 0 radical (unpaired) electrons. The molecule has 6 nitrogen and oxygen atoms in total. The van der Waals surface area contributed by atoms with Crippen molar-refractivity contribution < 1.29 is 4.79 Å². The summed E-state index contributed by atoms with van der Waals surface area (Å²) in [5.41, 5.74) is 6.59. The van der Waals surface area contributed by atoms with Gasteiger partial charge in [-0.3, -0.25) is 9.36 Å². The fourth-order valence-electron chi connectivity index (χ4n) is 2.53. The number of amides is 1. The number of nitrogens with two attached hydrogens (primary N) is 1. The standard InChI is InChI=1S/C17H16N4O2/c1-20(2)16-13-9-8-11(15(18)22)10-14(13)21(17(23)19-16)12-6-4-3-5-7-12/h3-10H,1-2H3,(H2,18,22). The van der Waals surface area contributed by atoms with Gasteiger partial charge in [-0.05, 0) is 30.3 Å². The number of primary amides is 1. The maximum Gasteiger partial charge on any atom is 0.354 e. The summed E-state index contributed by atoms with van der Waals surface area (Å²) in [4.78, 5) is 30.0. The third kappa shape index (κ3) is 2.55. The van der Waals surface area contributed by atoms with E-state index in [2.05, 4.69) is 4.98 Å². The molecule has 116 valence electrons. The number of anilines is 1. The number of para-hydroxylation sites is 1. The van der Waals surface area contributed by atoms with Crippen LogP contribution in [0.25, 0.3) is 16.6 Å². The van der Waals surface area contributed by atoms with Gasteiger partial charge in [0, 0.05) is 25.0 Å². The van der Waals surface area contributed by atoms with Crippen LogP contribution in [0.4, 0.5) is 5.82 Å². The molecule has 2 aromatic carbocycles. The number of nitrogens with zero attached hydrogens (tertiary/aromatic N) is 3. The molecule has 0 spiro atoms. The zero-order chi connectivity index (χ0) is 16.6. The van der Waals surface area contributed by atoms with E-state index in [0.29, 0.717) is 22.6 Å². The molecule has 0 unspecified atom stereocenters. The van der Waals surface area contributed by atoms with Gasteiger partial charge in [0.1, 0.15) is 5.82 Å². The smallest absolute Gasteiger partial charge is 0.354 e. The highest BCUT2D eigenvalue weighted by Gasteiger charge is 2.14. The lowest BCUT2D eigenvalue weighted by Gasteiger charge is -2.17. The van der Waals surface area contributed by atoms with Gasteiger partial charge in [0.25, 0.3) is 0 Å².